The van der Waals surface area contributed by atoms with Crippen LogP contribution in [0, 0.1) is 0 Å². The average molecular weight is 169 g/mol. The van der Waals surface area contributed by atoms with E-state index in [2.05, 4.69) is 11.8 Å². The number of nitrogens with zero attached hydrogens (tertiary/aromatic N) is 1. The van der Waals surface area contributed by atoms with Crippen LogP contribution < -0.4 is 0 Å². The van der Waals surface area contributed by atoms with Crippen LogP contribution in [0.1, 0.15) is 39.0 Å². The van der Waals surface area contributed by atoms with Gasteiger partial charge in [0.15, 0.2) is 0 Å². The van der Waals surface area contributed by atoms with Gasteiger partial charge in [0.2, 0.25) is 0 Å². The molecule has 2 nitrogen and oxygen atoms in total. The van der Waals surface area contributed by atoms with Crippen molar-refractivity contribution in [3.63, 3.8) is 0 Å². The number of aliphatic hydroxyl groups excluding tert-OH is 1. The molecule has 0 aromatic carbocycles. The summed E-state index contributed by atoms with van der Waals surface area (Å²) in [6, 6.07) is 1.20. The van der Waals surface area contributed by atoms with E-state index in [-0.39, 0.29) is 6.10 Å². The number of aliphatic hydroxyl groups is 1. The molecule has 1 N–H and O–H groups in total. The van der Waals surface area contributed by atoms with Gasteiger partial charge in [-0.15, -0.1) is 0 Å². The molecule has 0 unspecified atom stereocenters. The average Bonchev–Trinajstić information content (AvgIpc) is 2.64. The largest absolute Gasteiger partial charge is 0.391 e. The molecule has 1 aliphatic heterocycles. The van der Waals surface area contributed by atoms with E-state index in [1.165, 1.54) is 25.7 Å². The Morgan fingerprint density at radius 1 is 1.17 bits per heavy atom. The van der Waals surface area contributed by atoms with Gasteiger partial charge >= 0.3 is 0 Å². The smallest absolute Gasteiger partial charge is 0.0705 e. The highest BCUT2D eigenvalue weighted by atomic mass is 16.3. The molecule has 12 heavy (non-hydrogen) atoms. The molecule has 0 aromatic rings. The van der Waals surface area contributed by atoms with Gasteiger partial charge < -0.3 is 5.11 Å². The van der Waals surface area contributed by atoms with Crippen molar-refractivity contribution in [3.8, 4) is 0 Å². The molecule has 2 atom stereocenters. The SMILES string of the molecule is C[C@H]1[C@H](O)CCN1C1CCCC1. The molecular formula is C10H19NO. The lowest BCUT2D eigenvalue weighted by atomic mass is 10.1. The highest BCUT2D eigenvalue weighted by Gasteiger charge is 2.34. The first-order valence-electron chi connectivity index (χ1n) is 5.23. The van der Waals surface area contributed by atoms with Crippen molar-refractivity contribution in [2.45, 2.75) is 57.2 Å². The zero-order chi connectivity index (χ0) is 8.55. The standard InChI is InChI=1S/C10H19NO/c1-8-10(12)6-7-11(8)9-4-2-3-5-9/h8-10,12H,2-7H2,1H3/t8-,10+/m0/s1. The Kier molecular flexibility index (Phi) is 2.37. The van der Waals surface area contributed by atoms with E-state index in [1.54, 1.807) is 0 Å². The third kappa shape index (κ3) is 1.38. The molecule has 2 rings (SSSR count). The molecule has 1 saturated heterocycles. The molecule has 0 radical (unpaired) electrons. The van der Waals surface area contributed by atoms with E-state index < -0.39 is 0 Å². The molecule has 0 spiro atoms. The summed E-state index contributed by atoms with van der Waals surface area (Å²) in [6.45, 7) is 3.28. The predicted molar refractivity (Wildman–Crippen MR) is 49.0 cm³/mol. The molecule has 2 heteroatoms. The van der Waals surface area contributed by atoms with Crippen molar-refractivity contribution >= 4 is 0 Å². The second-order valence-electron chi connectivity index (χ2n) is 4.27. The summed E-state index contributed by atoms with van der Waals surface area (Å²) < 4.78 is 0. The molecule has 0 aromatic heterocycles. The zero-order valence-corrected chi connectivity index (χ0v) is 7.87. The van der Waals surface area contributed by atoms with Gasteiger partial charge in [0.25, 0.3) is 0 Å². The Hall–Kier alpha value is -0.0800. The first-order chi connectivity index (χ1) is 5.79. The maximum Gasteiger partial charge on any atom is 0.0705 e. The molecule has 1 aliphatic carbocycles. The molecule has 0 amide bonds. The maximum atomic E-state index is 9.59. The first-order valence-corrected chi connectivity index (χ1v) is 5.23. The molecule has 1 heterocycles. The van der Waals surface area contributed by atoms with Crippen LogP contribution in [0.2, 0.25) is 0 Å². The lowest BCUT2D eigenvalue weighted by Crippen LogP contribution is -2.39. The van der Waals surface area contributed by atoms with Gasteiger partial charge in [0.1, 0.15) is 0 Å². The number of rotatable bonds is 1. The van der Waals surface area contributed by atoms with E-state index >= 15 is 0 Å². The normalized spacial score (nSPS) is 39.5. The van der Waals surface area contributed by atoms with Crippen molar-refractivity contribution < 1.29 is 5.11 Å². The Bertz CT molecular complexity index is 154. The molecule has 2 fully saturated rings. The highest BCUT2D eigenvalue weighted by molar-refractivity contribution is 4.89. The second-order valence-corrected chi connectivity index (χ2v) is 4.27. The molecule has 70 valence electrons. The zero-order valence-electron chi connectivity index (χ0n) is 7.87. The van der Waals surface area contributed by atoms with Gasteiger partial charge in [-0.2, -0.15) is 0 Å². The number of likely N-dealkylation sites (tertiary alicyclic amines) is 1. The molecule has 0 bridgehead atoms. The summed E-state index contributed by atoms with van der Waals surface area (Å²) in [4.78, 5) is 2.51. The van der Waals surface area contributed by atoms with E-state index in [1.807, 2.05) is 0 Å². The van der Waals surface area contributed by atoms with Crippen molar-refractivity contribution in [1.29, 1.82) is 0 Å². The van der Waals surface area contributed by atoms with Gasteiger partial charge in [-0.25, -0.2) is 0 Å². The molecule has 1 saturated carbocycles. The fourth-order valence-corrected chi connectivity index (χ4v) is 2.70. The fraction of sp³-hybridized carbons (Fsp3) is 1.00. The van der Waals surface area contributed by atoms with Crippen LogP contribution in [0.25, 0.3) is 0 Å². The minimum absolute atomic E-state index is 0.0643. The summed E-state index contributed by atoms with van der Waals surface area (Å²) in [6.07, 6.45) is 6.42. The maximum absolute atomic E-state index is 9.59. The van der Waals surface area contributed by atoms with E-state index in [4.69, 9.17) is 0 Å². The van der Waals surface area contributed by atoms with Crippen LogP contribution >= 0.6 is 0 Å². The Labute approximate surface area is 74.6 Å². The van der Waals surface area contributed by atoms with Crippen molar-refractivity contribution in [2.75, 3.05) is 6.54 Å². The molecule has 2 aliphatic rings. The third-order valence-electron chi connectivity index (χ3n) is 3.56. The monoisotopic (exact) mass is 169 g/mol. The quantitative estimate of drug-likeness (QED) is 0.641. The fourth-order valence-electron chi connectivity index (χ4n) is 2.70. The summed E-state index contributed by atoms with van der Waals surface area (Å²) in [7, 11) is 0. The lowest BCUT2D eigenvalue weighted by molar-refractivity contribution is 0.104. The highest BCUT2D eigenvalue weighted by Crippen LogP contribution is 2.29. The molecular weight excluding hydrogens is 150 g/mol. The number of hydrogen-bond acceptors (Lipinski definition) is 2. The minimum atomic E-state index is -0.0643. The van der Waals surface area contributed by atoms with E-state index in [0.29, 0.717) is 6.04 Å². The van der Waals surface area contributed by atoms with E-state index in [9.17, 15) is 5.11 Å². The van der Waals surface area contributed by atoms with Crippen LogP contribution in [0.3, 0.4) is 0 Å². The summed E-state index contributed by atoms with van der Waals surface area (Å²) in [5.74, 6) is 0. The summed E-state index contributed by atoms with van der Waals surface area (Å²) in [5.41, 5.74) is 0. The first kappa shape index (κ1) is 8.52. The van der Waals surface area contributed by atoms with E-state index in [0.717, 1.165) is 19.0 Å². The van der Waals surface area contributed by atoms with Crippen molar-refractivity contribution in [3.05, 3.63) is 0 Å². The second kappa shape index (κ2) is 3.35. The topological polar surface area (TPSA) is 23.5 Å². The lowest BCUT2D eigenvalue weighted by Gasteiger charge is -2.28. The van der Waals surface area contributed by atoms with Gasteiger partial charge in [-0.3, -0.25) is 4.90 Å². The van der Waals surface area contributed by atoms with Gasteiger partial charge in [-0.05, 0) is 26.2 Å². The minimum Gasteiger partial charge on any atom is -0.391 e. The summed E-state index contributed by atoms with van der Waals surface area (Å²) >= 11 is 0. The Morgan fingerprint density at radius 3 is 2.33 bits per heavy atom. The van der Waals surface area contributed by atoms with Crippen LogP contribution in [0.15, 0.2) is 0 Å². The van der Waals surface area contributed by atoms with Gasteiger partial charge in [-0.1, -0.05) is 12.8 Å². The third-order valence-corrected chi connectivity index (χ3v) is 3.56. The van der Waals surface area contributed by atoms with Crippen LogP contribution in [-0.2, 0) is 0 Å². The number of hydrogen-bond donors (Lipinski definition) is 1. The van der Waals surface area contributed by atoms with Crippen LogP contribution in [-0.4, -0.2) is 34.7 Å². The summed E-state index contributed by atoms with van der Waals surface area (Å²) in [5, 5.41) is 9.59. The van der Waals surface area contributed by atoms with Gasteiger partial charge in [0, 0.05) is 18.6 Å². The van der Waals surface area contributed by atoms with Crippen molar-refractivity contribution in [1.82, 2.24) is 4.90 Å². The van der Waals surface area contributed by atoms with Crippen LogP contribution in [0.4, 0.5) is 0 Å². The van der Waals surface area contributed by atoms with Crippen LogP contribution in [0.5, 0.6) is 0 Å². The predicted octanol–water partition coefficient (Wildman–Crippen LogP) is 1.38. The Balaban J connectivity index is 1.95. The van der Waals surface area contributed by atoms with Gasteiger partial charge in [0.05, 0.1) is 6.10 Å². The Morgan fingerprint density at radius 2 is 1.83 bits per heavy atom. The van der Waals surface area contributed by atoms with Crippen molar-refractivity contribution in [2.24, 2.45) is 0 Å².